The van der Waals surface area contributed by atoms with Gasteiger partial charge < -0.3 is 4.43 Å². The van der Waals surface area contributed by atoms with Crippen LogP contribution in [0.15, 0.2) is 35.9 Å². The van der Waals surface area contributed by atoms with E-state index in [4.69, 9.17) is 27.6 Å². The van der Waals surface area contributed by atoms with E-state index in [1.807, 2.05) is 6.07 Å². The highest BCUT2D eigenvalue weighted by atomic mass is 35.5. The number of halogens is 2. The summed E-state index contributed by atoms with van der Waals surface area (Å²) in [7, 11) is -2.15. The van der Waals surface area contributed by atoms with Gasteiger partial charge in [0, 0.05) is 5.92 Å². The molecule has 28 heavy (non-hydrogen) atoms. The summed E-state index contributed by atoms with van der Waals surface area (Å²) < 4.78 is 6.48. The average Bonchev–Trinajstić information content (AvgIpc) is 3.07. The van der Waals surface area contributed by atoms with Crippen molar-refractivity contribution in [3.8, 4) is 0 Å². The van der Waals surface area contributed by atoms with Gasteiger partial charge >= 0.3 is 0 Å². The van der Waals surface area contributed by atoms with Crippen LogP contribution in [0.3, 0.4) is 0 Å². The molecule has 1 aliphatic carbocycles. The van der Waals surface area contributed by atoms with Gasteiger partial charge in [-0.3, -0.25) is 0 Å². The van der Waals surface area contributed by atoms with Crippen LogP contribution >= 0.6 is 23.2 Å². The first-order valence-corrected chi connectivity index (χ1v) is 13.7. The minimum absolute atomic E-state index is 0.136. The van der Waals surface area contributed by atoms with Crippen LogP contribution in [0.25, 0.3) is 6.08 Å². The minimum atomic E-state index is -2.15. The predicted molar refractivity (Wildman–Crippen MR) is 128 cm³/mol. The van der Waals surface area contributed by atoms with Crippen molar-refractivity contribution in [3.63, 3.8) is 0 Å². The first-order valence-electron chi connectivity index (χ1n) is 10.8. The van der Waals surface area contributed by atoms with Gasteiger partial charge in [0.2, 0.25) is 8.32 Å². The molecule has 0 bridgehead atoms. The summed E-state index contributed by atoms with van der Waals surface area (Å²) in [5.74, 6) is 0.136. The SMILES string of the molecule is CCC[C@H]1C(Cl)(Cl)[C@]1(O[Si](C(C)C)(C(C)C)C(C)C)/C(C)=C/c1ccccc1. The Bertz CT molecular complexity index is 659. The fourth-order valence-electron chi connectivity index (χ4n) is 5.42. The van der Waals surface area contributed by atoms with Crippen molar-refractivity contribution in [1.29, 1.82) is 0 Å². The van der Waals surface area contributed by atoms with E-state index < -0.39 is 18.3 Å². The lowest BCUT2D eigenvalue weighted by atomic mass is 10.0. The fourth-order valence-corrected chi connectivity index (χ4v) is 12.3. The molecule has 1 aliphatic rings. The van der Waals surface area contributed by atoms with Gasteiger partial charge in [-0.05, 0) is 41.1 Å². The molecule has 0 amide bonds. The first kappa shape index (κ1) is 24.0. The van der Waals surface area contributed by atoms with Gasteiger partial charge in [-0.1, -0.05) is 114 Å². The number of hydrogen-bond acceptors (Lipinski definition) is 1. The molecule has 0 heterocycles. The molecule has 0 spiro atoms. The molecule has 1 aromatic carbocycles. The van der Waals surface area contributed by atoms with Gasteiger partial charge in [-0.15, -0.1) is 0 Å². The molecule has 0 aromatic heterocycles. The molecular weight excluding hydrogens is 403 g/mol. The third kappa shape index (κ3) is 3.87. The molecule has 2 atom stereocenters. The summed E-state index contributed by atoms with van der Waals surface area (Å²) in [4.78, 5) is 0. The maximum absolute atomic E-state index is 7.34. The highest BCUT2D eigenvalue weighted by Gasteiger charge is 2.79. The highest BCUT2D eigenvalue weighted by Crippen LogP contribution is 2.71. The van der Waals surface area contributed by atoms with E-state index in [-0.39, 0.29) is 5.92 Å². The third-order valence-electron chi connectivity index (χ3n) is 6.73. The molecular formula is C24H38Cl2OSi. The Morgan fingerprint density at radius 3 is 1.96 bits per heavy atom. The second-order valence-corrected chi connectivity index (χ2v) is 16.1. The molecule has 0 saturated heterocycles. The van der Waals surface area contributed by atoms with Crippen molar-refractivity contribution in [1.82, 2.24) is 0 Å². The highest BCUT2D eigenvalue weighted by molar-refractivity contribution is 6.78. The van der Waals surface area contributed by atoms with Gasteiger partial charge in [0.05, 0.1) is 0 Å². The summed E-state index contributed by atoms with van der Waals surface area (Å²) >= 11 is 14.0. The Morgan fingerprint density at radius 2 is 1.54 bits per heavy atom. The number of alkyl halides is 2. The van der Waals surface area contributed by atoms with Gasteiger partial charge in [-0.25, -0.2) is 0 Å². The van der Waals surface area contributed by atoms with Crippen LogP contribution in [0, 0.1) is 5.92 Å². The molecule has 0 N–H and O–H groups in total. The zero-order valence-electron chi connectivity index (χ0n) is 18.9. The number of rotatable bonds is 9. The smallest absolute Gasteiger partial charge is 0.201 e. The lowest BCUT2D eigenvalue weighted by Crippen LogP contribution is -2.52. The Balaban J connectivity index is 2.60. The monoisotopic (exact) mass is 440 g/mol. The summed E-state index contributed by atoms with van der Waals surface area (Å²) in [6, 6.07) is 10.4. The van der Waals surface area contributed by atoms with E-state index >= 15 is 0 Å². The molecule has 2 rings (SSSR count). The Hall–Kier alpha value is -0.283. The van der Waals surface area contributed by atoms with Crippen molar-refractivity contribution in [2.24, 2.45) is 5.92 Å². The van der Waals surface area contributed by atoms with E-state index in [9.17, 15) is 0 Å². The van der Waals surface area contributed by atoms with Crippen LogP contribution in [0.4, 0.5) is 0 Å². The van der Waals surface area contributed by atoms with Crippen molar-refractivity contribution in [2.75, 3.05) is 0 Å². The summed E-state index contributed by atoms with van der Waals surface area (Å²) in [6.07, 6.45) is 4.25. The molecule has 0 aliphatic heterocycles. The standard InChI is InChI=1S/C24H38Cl2OSi/c1-9-13-22-23(24(22,25)26,20(8)16-21-14-11-10-12-15-21)27-28(17(2)3,18(4)5)19(6)7/h10-12,14-19,22H,9,13H2,1-8H3/b20-16+/t22-,23+/m1/s1. The van der Waals surface area contributed by atoms with Crippen LogP contribution < -0.4 is 0 Å². The normalized spacial score (nSPS) is 25.0. The average molecular weight is 442 g/mol. The second kappa shape index (κ2) is 8.84. The molecule has 4 heteroatoms. The molecule has 0 radical (unpaired) electrons. The van der Waals surface area contributed by atoms with E-state index in [0.29, 0.717) is 16.6 Å². The summed E-state index contributed by atoms with van der Waals surface area (Å²) in [5.41, 5.74) is 3.19. The van der Waals surface area contributed by atoms with Crippen LogP contribution in [0.5, 0.6) is 0 Å². The van der Waals surface area contributed by atoms with Gasteiger partial charge in [0.1, 0.15) is 5.60 Å². The Labute approximate surface area is 184 Å². The third-order valence-corrected chi connectivity index (χ3v) is 13.9. The maximum Gasteiger partial charge on any atom is 0.201 e. The van der Waals surface area contributed by atoms with E-state index in [2.05, 4.69) is 85.7 Å². The lowest BCUT2D eigenvalue weighted by molar-refractivity contribution is 0.165. The Kier molecular flexibility index (Phi) is 7.57. The van der Waals surface area contributed by atoms with Crippen LogP contribution in [0.2, 0.25) is 16.6 Å². The second-order valence-electron chi connectivity index (χ2n) is 9.36. The number of benzene rings is 1. The molecule has 1 saturated carbocycles. The number of hydrogen-bond donors (Lipinski definition) is 0. The minimum Gasteiger partial charge on any atom is -0.403 e. The predicted octanol–water partition coefficient (Wildman–Crippen LogP) is 8.62. The topological polar surface area (TPSA) is 9.23 Å². The van der Waals surface area contributed by atoms with E-state index in [0.717, 1.165) is 18.4 Å². The maximum atomic E-state index is 7.34. The van der Waals surface area contributed by atoms with Crippen molar-refractivity contribution in [2.45, 2.75) is 94.8 Å². The van der Waals surface area contributed by atoms with Crippen molar-refractivity contribution >= 4 is 37.6 Å². The molecule has 1 aromatic rings. The van der Waals surface area contributed by atoms with E-state index in [1.54, 1.807) is 0 Å². The zero-order valence-corrected chi connectivity index (χ0v) is 21.4. The van der Waals surface area contributed by atoms with Gasteiger partial charge in [0.15, 0.2) is 4.33 Å². The molecule has 0 unspecified atom stereocenters. The fraction of sp³-hybridized carbons (Fsp3) is 0.667. The van der Waals surface area contributed by atoms with Crippen molar-refractivity contribution < 1.29 is 4.43 Å². The largest absolute Gasteiger partial charge is 0.403 e. The van der Waals surface area contributed by atoms with E-state index in [1.165, 1.54) is 5.56 Å². The molecule has 1 fully saturated rings. The van der Waals surface area contributed by atoms with Crippen LogP contribution in [-0.2, 0) is 4.43 Å². The molecule has 158 valence electrons. The zero-order chi connectivity index (χ0) is 21.3. The summed E-state index contributed by atoms with van der Waals surface area (Å²) in [5, 5.41) is 0. The summed E-state index contributed by atoms with van der Waals surface area (Å²) in [6.45, 7) is 18.3. The van der Waals surface area contributed by atoms with Gasteiger partial charge in [-0.2, -0.15) is 0 Å². The molecule has 1 nitrogen and oxygen atoms in total. The quantitative estimate of drug-likeness (QED) is 0.275. The first-order chi connectivity index (χ1) is 13.0. The van der Waals surface area contributed by atoms with Crippen LogP contribution in [0.1, 0.15) is 73.8 Å². The van der Waals surface area contributed by atoms with Crippen molar-refractivity contribution in [3.05, 3.63) is 41.5 Å². The lowest BCUT2D eigenvalue weighted by Gasteiger charge is -2.46. The van der Waals surface area contributed by atoms with Crippen LogP contribution in [-0.4, -0.2) is 18.3 Å². The Morgan fingerprint density at radius 1 is 1.04 bits per heavy atom. The van der Waals surface area contributed by atoms with Gasteiger partial charge in [0.25, 0.3) is 0 Å².